The summed E-state index contributed by atoms with van der Waals surface area (Å²) in [5.74, 6) is 0. The van der Waals surface area contributed by atoms with Crippen LogP contribution >= 0.6 is 22.7 Å². The van der Waals surface area contributed by atoms with Crippen LogP contribution < -0.4 is 30.5 Å². The number of benzene rings is 10. The molecule has 2 nitrogen and oxygen atoms in total. The lowest BCUT2D eigenvalue weighted by molar-refractivity contribution is 1.29. The maximum atomic E-state index is 2.52. The van der Waals surface area contributed by atoms with Crippen LogP contribution in [0.25, 0.3) is 51.5 Å². The smallest absolute Gasteiger partial charge is 0.184 e. The van der Waals surface area contributed by atoms with E-state index < -0.39 is 8.07 Å². The minimum Gasteiger partial charge on any atom is -0.311 e. The zero-order valence-electron chi connectivity index (χ0n) is 35.3. The van der Waals surface area contributed by atoms with Gasteiger partial charge in [-0.1, -0.05) is 170 Å². The fourth-order valence-electron chi connectivity index (χ4n) is 10.4. The molecule has 0 saturated carbocycles. The van der Waals surface area contributed by atoms with Crippen LogP contribution in [0.2, 0.25) is 0 Å². The molecule has 306 valence electrons. The Morgan fingerprint density at radius 1 is 0.323 bits per heavy atom. The van der Waals surface area contributed by atoms with Crippen LogP contribution in [0, 0.1) is 0 Å². The first-order chi connectivity index (χ1) is 32.2. The Labute approximate surface area is 387 Å². The van der Waals surface area contributed by atoms with E-state index in [1.54, 1.807) is 0 Å². The molecule has 5 heteroatoms. The van der Waals surface area contributed by atoms with Crippen LogP contribution in [-0.2, 0) is 0 Å². The number of fused-ring (bicyclic) bond motifs is 8. The summed E-state index contributed by atoms with van der Waals surface area (Å²) in [6.45, 7) is 0. The molecule has 13 rings (SSSR count). The normalized spacial score (nSPS) is 13.0. The molecule has 65 heavy (non-hydrogen) atoms. The Hall–Kier alpha value is -7.54. The zero-order chi connectivity index (χ0) is 42.9. The Morgan fingerprint density at radius 3 is 1.38 bits per heavy atom. The molecule has 0 aliphatic carbocycles. The summed E-state index contributed by atoms with van der Waals surface area (Å²) in [6, 6.07) is 90.5. The Balaban J connectivity index is 0.989. The molecule has 0 amide bonds. The highest BCUT2D eigenvalue weighted by Gasteiger charge is 2.49. The highest BCUT2D eigenvalue weighted by atomic mass is 32.1. The molecule has 10 aromatic carbocycles. The highest BCUT2D eigenvalue weighted by molar-refractivity contribution is 7.26. The fraction of sp³-hybridized carbons (Fsp3) is 0. The van der Waals surface area contributed by atoms with Crippen molar-refractivity contribution in [1.82, 2.24) is 0 Å². The maximum Gasteiger partial charge on any atom is 0.184 e. The molecular weight excluding hydrogens is 841 g/mol. The first kappa shape index (κ1) is 38.0. The SMILES string of the molecule is c1ccc(N2c3ccccc3[Si](c3ccccc3)(c3ccccc3)c3cc(-c4ccc(N(c5ccc6c(c5)sc5ccccc56)c5ccc6c(c5)sc5ccccc56)cc4)ccc32)cc1. The topological polar surface area (TPSA) is 6.48 Å². The van der Waals surface area contributed by atoms with Gasteiger partial charge in [-0.25, -0.2) is 0 Å². The summed E-state index contributed by atoms with van der Waals surface area (Å²) in [6.07, 6.45) is 0. The maximum absolute atomic E-state index is 2.85. The standard InChI is InChI=1S/C60H40N2S2Si/c1-4-16-43(17-5-1)62-53-24-12-15-27-59(53)65(47-18-6-2-7-19-47,48-20-8-3-9-21-48)60-38-42(30-37-54(60)62)41-28-31-44(32-29-41)61(45-33-35-51-49-22-10-13-25-55(49)63-57(51)39-45)46-34-36-52-50-23-11-14-26-56(50)64-58(52)40-46/h1-40H. The van der Waals surface area contributed by atoms with Gasteiger partial charge in [0.1, 0.15) is 0 Å². The molecule has 3 heterocycles. The highest BCUT2D eigenvalue weighted by Crippen LogP contribution is 2.44. The number of hydrogen-bond donors (Lipinski definition) is 0. The molecule has 2 aromatic heterocycles. The van der Waals surface area contributed by atoms with Gasteiger partial charge in [-0.05, 0) is 105 Å². The lowest BCUT2D eigenvalue weighted by Gasteiger charge is -2.45. The average Bonchev–Trinajstić information content (AvgIpc) is 3.94. The first-order valence-electron chi connectivity index (χ1n) is 22.2. The fourth-order valence-corrected chi connectivity index (χ4v) is 17.9. The van der Waals surface area contributed by atoms with Gasteiger partial charge < -0.3 is 9.80 Å². The Morgan fingerprint density at radius 2 is 0.785 bits per heavy atom. The zero-order valence-corrected chi connectivity index (χ0v) is 37.9. The average molecular weight is 881 g/mol. The van der Waals surface area contributed by atoms with Crippen LogP contribution in [0.1, 0.15) is 0 Å². The van der Waals surface area contributed by atoms with Crippen LogP contribution in [0.5, 0.6) is 0 Å². The summed E-state index contributed by atoms with van der Waals surface area (Å²) in [5.41, 5.74) is 9.43. The van der Waals surface area contributed by atoms with Crippen LogP contribution in [-0.4, -0.2) is 8.07 Å². The monoisotopic (exact) mass is 880 g/mol. The largest absolute Gasteiger partial charge is 0.311 e. The van der Waals surface area contributed by atoms with Gasteiger partial charge in [-0.2, -0.15) is 0 Å². The molecule has 0 bridgehead atoms. The number of para-hydroxylation sites is 2. The summed E-state index contributed by atoms with van der Waals surface area (Å²) < 4.78 is 5.21. The summed E-state index contributed by atoms with van der Waals surface area (Å²) >= 11 is 3.73. The lowest BCUT2D eigenvalue weighted by atomic mass is 10.0. The summed E-state index contributed by atoms with van der Waals surface area (Å²) in [5, 5.41) is 10.8. The van der Waals surface area contributed by atoms with Crippen molar-refractivity contribution in [2.75, 3.05) is 9.80 Å². The molecule has 1 aliphatic heterocycles. The molecule has 0 fully saturated rings. The van der Waals surface area contributed by atoms with Crippen molar-refractivity contribution >= 4 is 126 Å². The molecule has 0 radical (unpaired) electrons. The van der Waals surface area contributed by atoms with Crippen LogP contribution in [0.4, 0.5) is 34.1 Å². The van der Waals surface area contributed by atoms with Crippen LogP contribution in [0.3, 0.4) is 0 Å². The Bertz CT molecular complexity index is 3580. The molecule has 12 aromatic rings. The van der Waals surface area contributed by atoms with Gasteiger partial charge in [-0.3, -0.25) is 0 Å². The van der Waals surface area contributed by atoms with E-state index in [2.05, 4.69) is 252 Å². The molecule has 0 N–H and O–H groups in total. The molecule has 0 atom stereocenters. The quantitative estimate of drug-likeness (QED) is 0.147. The third kappa shape index (κ3) is 6.04. The van der Waals surface area contributed by atoms with Crippen molar-refractivity contribution in [3.63, 3.8) is 0 Å². The predicted molar refractivity (Wildman–Crippen MR) is 284 cm³/mol. The second-order valence-electron chi connectivity index (χ2n) is 16.8. The predicted octanol–water partition coefficient (Wildman–Crippen LogP) is 14.7. The van der Waals surface area contributed by atoms with E-state index in [4.69, 9.17) is 0 Å². The van der Waals surface area contributed by atoms with Crippen molar-refractivity contribution in [2.45, 2.75) is 0 Å². The van der Waals surface area contributed by atoms with Gasteiger partial charge in [0.05, 0.1) is 0 Å². The third-order valence-electron chi connectivity index (χ3n) is 13.3. The molecule has 0 unspecified atom stereocenters. The van der Waals surface area contributed by atoms with Gasteiger partial charge in [0.2, 0.25) is 0 Å². The molecular formula is C60H40N2S2Si. The van der Waals surface area contributed by atoms with E-state index in [-0.39, 0.29) is 0 Å². The minimum absolute atomic E-state index is 1.12. The van der Waals surface area contributed by atoms with E-state index in [9.17, 15) is 0 Å². The summed E-state index contributed by atoms with van der Waals surface area (Å²) in [4.78, 5) is 4.91. The van der Waals surface area contributed by atoms with Gasteiger partial charge in [0.15, 0.2) is 8.07 Å². The van der Waals surface area contributed by atoms with Crippen molar-refractivity contribution in [3.8, 4) is 11.1 Å². The van der Waals surface area contributed by atoms with E-state index in [0.29, 0.717) is 0 Å². The molecule has 1 aliphatic rings. The molecule has 0 saturated heterocycles. The van der Waals surface area contributed by atoms with Crippen molar-refractivity contribution in [1.29, 1.82) is 0 Å². The summed E-state index contributed by atoms with van der Waals surface area (Å²) in [7, 11) is -2.85. The first-order valence-corrected chi connectivity index (χ1v) is 25.8. The molecule has 0 spiro atoms. The number of nitrogens with zero attached hydrogens (tertiary/aromatic N) is 2. The second kappa shape index (κ2) is 15.3. The Kier molecular flexibility index (Phi) is 8.95. The van der Waals surface area contributed by atoms with E-state index in [1.807, 2.05) is 22.7 Å². The van der Waals surface area contributed by atoms with Gasteiger partial charge >= 0.3 is 0 Å². The van der Waals surface area contributed by atoms with Crippen LogP contribution in [0.15, 0.2) is 243 Å². The van der Waals surface area contributed by atoms with E-state index in [0.717, 1.165) is 22.7 Å². The number of anilines is 6. The van der Waals surface area contributed by atoms with E-state index in [1.165, 1.54) is 83.6 Å². The van der Waals surface area contributed by atoms with Crippen molar-refractivity contribution in [3.05, 3.63) is 243 Å². The van der Waals surface area contributed by atoms with Gasteiger partial charge in [0, 0.05) is 74.5 Å². The minimum atomic E-state index is -2.85. The number of hydrogen-bond acceptors (Lipinski definition) is 4. The second-order valence-corrected chi connectivity index (χ2v) is 22.7. The van der Waals surface area contributed by atoms with E-state index >= 15 is 0 Å². The van der Waals surface area contributed by atoms with Crippen molar-refractivity contribution in [2.24, 2.45) is 0 Å². The number of thiophene rings is 2. The van der Waals surface area contributed by atoms with Gasteiger partial charge in [-0.15, -0.1) is 22.7 Å². The third-order valence-corrected chi connectivity index (χ3v) is 20.4. The van der Waals surface area contributed by atoms with Gasteiger partial charge in [0.25, 0.3) is 0 Å². The number of rotatable bonds is 7. The lowest BCUT2D eigenvalue weighted by Crippen LogP contribution is -2.77. The van der Waals surface area contributed by atoms with Crippen molar-refractivity contribution < 1.29 is 0 Å².